The van der Waals surface area contributed by atoms with E-state index >= 15 is 0 Å². The number of halogens is 3. The van der Waals surface area contributed by atoms with E-state index in [2.05, 4.69) is 10.3 Å². The van der Waals surface area contributed by atoms with Gasteiger partial charge in [-0.15, -0.1) is 0 Å². The number of nitrogens with zero attached hydrogens (tertiary/aromatic N) is 1. The highest BCUT2D eigenvalue weighted by molar-refractivity contribution is 7.91. The fraction of sp³-hybridized carbons (Fsp3) is 0.231. The Morgan fingerprint density at radius 2 is 1.64 bits per heavy atom. The van der Waals surface area contributed by atoms with E-state index in [1.54, 1.807) is 12.1 Å². The number of thiazole rings is 1. The molecule has 1 heterocycles. The summed E-state index contributed by atoms with van der Waals surface area (Å²) in [7, 11) is -3.51. The lowest BCUT2D eigenvalue weighted by molar-refractivity contribution is -0.137. The van der Waals surface area contributed by atoms with Gasteiger partial charge in [-0.2, -0.15) is 13.2 Å². The zero-order valence-corrected chi connectivity index (χ0v) is 22.0. The molecule has 0 spiro atoms. The Kier molecular flexibility index (Phi) is 8.25. The number of alkyl halides is 3. The smallest absolute Gasteiger partial charge is 0.416 e. The van der Waals surface area contributed by atoms with E-state index in [9.17, 15) is 36.6 Å². The summed E-state index contributed by atoms with van der Waals surface area (Å²) in [6, 6.07) is 12.5. The van der Waals surface area contributed by atoms with Crippen LogP contribution in [0.5, 0.6) is 5.75 Å². The first kappa shape index (κ1) is 28.5. The van der Waals surface area contributed by atoms with Crippen molar-refractivity contribution in [2.24, 2.45) is 0 Å². The minimum Gasteiger partial charge on any atom is -0.476 e. The molecule has 0 fully saturated rings. The number of rotatable bonds is 9. The largest absolute Gasteiger partial charge is 0.476 e. The first-order valence-corrected chi connectivity index (χ1v) is 14.0. The van der Waals surface area contributed by atoms with Crippen LogP contribution in [0.1, 0.15) is 35.3 Å². The van der Waals surface area contributed by atoms with Gasteiger partial charge in [-0.1, -0.05) is 30.4 Å². The van der Waals surface area contributed by atoms with Crippen LogP contribution in [0, 0.1) is 0 Å². The summed E-state index contributed by atoms with van der Waals surface area (Å²) in [6.45, 7) is 0.897. The molecule has 3 aromatic carbocycles. The number of fused-ring (bicyclic) bond motifs is 1. The SMILES string of the molecule is CCS(=O)(=O)c1ccc(C(Oc2ccc(C(F)(F)F)cc2)C(=O)Nc2nc3cc(CO)c(CO)cc3s2)cc1. The Hall–Kier alpha value is -3.52. The molecule has 1 unspecified atom stereocenters. The van der Waals surface area contributed by atoms with Gasteiger partial charge in [-0.3, -0.25) is 10.1 Å². The van der Waals surface area contributed by atoms with Crippen molar-refractivity contribution in [1.29, 1.82) is 0 Å². The van der Waals surface area contributed by atoms with E-state index in [0.29, 0.717) is 21.3 Å². The minimum absolute atomic E-state index is 0.0159. The second kappa shape index (κ2) is 11.3. The zero-order valence-electron chi connectivity index (χ0n) is 20.4. The van der Waals surface area contributed by atoms with E-state index in [0.717, 1.165) is 35.6 Å². The molecular weight excluding hydrogens is 557 g/mol. The van der Waals surface area contributed by atoms with Crippen molar-refractivity contribution in [3.8, 4) is 5.75 Å². The van der Waals surface area contributed by atoms with Crippen molar-refractivity contribution in [3.63, 3.8) is 0 Å². The molecule has 206 valence electrons. The van der Waals surface area contributed by atoms with Gasteiger partial charge in [0.1, 0.15) is 5.75 Å². The molecule has 0 aliphatic carbocycles. The maximum atomic E-state index is 13.4. The quantitative estimate of drug-likeness (QED) is 0.258. The van der Waals surface area contributed by atoms with Gasteiger partial charge in [0.2, 0.25) is 6.10 Å². The van der Waals surface area contributed by atoms with Gasteiger partial charge in [0.15, 0.2) is 15.0 Å². The molecule has 3 N–H and O–H groups in total. The van der Waals surface area contributed by atoms with Gasteiger partial charge < -0.3 is 14.9 Å². The van der Waals surface area contributed by atoms with E-state index in [1.165, 1.54) is 31.2 Å². The highest BCUT2D eigenvalue weighted by Gasteiger charge is 2.31. The van der Waals surface area contributed by atoms with Crippen LogP contribution in [0.15, 0.2) is 65.6 Å². The van der Waals surface area contributed by atoms with Gasteiger partial charge in [0.05, 0.1) is 39.6 Å². The summed E-state index contributed by atoms with van der Waals surface area (Å²) in [5.41, 5.74) is 0.847. The fourth-order valence-corrected chi connectivity index (χ4v) is 5.52. The number of sulfone groups is 1. The summed E-state index contributed by atoms with van der Waals surface area (Å²) in [5, 5.41) is 21.9. The lowest BCUT2D eigenvalue weighted by Gasteiger charge is -2.19. The summed E-state index contributed by atoms with van der Waals surface area (Å²) in [4.78, 5) is 17.8. The predicted molar refractivity (Wildman–Crippen MR) is 139 cm³/mol. The highest BCUT2D eigenvalue weighted by atomic mass is 32.2. The molecule has 0 radical (unpaired) electrons. The van der Waals surface area contributed by atoms with E-state index in [4.69, 9.17) is 4.74 Å². The van der Waals surface area contributed by atoms with Crippen molar-refractivity contribution < 1.29 is 41.3 Å². The molecule has 1 amide bonds. The number of aromatic nitrogens is 1. The van der Waals surface area contributed by atoms with Crippen molar-refractivity contribution in [2.45, 2.75) is 37.3 Å². The molecular formula is C26H23F3N2O6S2. The zero-order chi connectivity index (χ0) is 28.4. The van der Waals surface area contributed by atoms with Crippen LogP contribution in [0.2, 0.25) is 0 Å². The molecule has 39 heavy (non-hydrogen) atoms. The molecule has 13 heteroatoms. The summed E-state index contributed by atoms with van der Waals surface area (Å²) >= 11 is 1.11. The van der Waals surface area contributed by atoms with E-state index < -0.39 is 33.6 Å². The van der Waals surface area contributed by atoms with Gasteiger partial charge in [0, 0.05) is 5.56 Å². The molecule has 0 saturated heterocycles. The third kappa shape index (κ3) is 6.38. The molecule has 1 aromatic heterocycles. The Bertz CT molecular complexity index is 1540. The average molecular weight is 581 g/mol. The number of aliphatic hydroxyl groups is 2. The van der Waals surface area contributed by atoms with Gasteiger partial charge in [-0.25, -0.2) is 13.4 Å². The molecule has 0 saturated carbocycles. The Labute approximate surface area is 225 Å². The van der Waals surface area contributed by atoms with Crippen molar-refractivity contribution in [3.05, 3.63) is 82.9 Å². The second-order valence-electron chi connectivity index (χ2n) is 8.41. The monoisotopic (exact) mass is 580 g/mol. The summed E-state index contributed by atoms with van der Waals surface area (Å²) in [5.74, 6) is -0.839. The Morgan fingerprint density at radius 1 is 1.03 bits per heavy atom. The number of aliphatic hydroxyl groups excluding tert-OH is 2. The fourth-order valence-electron chi connectivity index (χ4n) is 3.73. The van der Waals surface area contributed by atoms with Crippen molar-refractivity contribution >= 4 is 42.4 Å². The number of carbonyl (C=O) groups is 1. The summed E-state index contributed by atoms with van der Waals surface area (Å²) in [6.07, 6.45) is -5.91. The minimum atomic E-state index is -4.55. The standard InChI is InChI=1S/C26H23F3N2O6S2/c1-2-39(35,36)20-9-3-15(4-10-20)23(37-19-7-5-18(6-8-19)26(27,28)29)24(34)31-25-30-21-11-16(13-32)17(14-33)12-22(21)38-25/h3-12,23,32-33H,2,13-14H2,1H3,(H,30,31,34). The number of hydrogen-bond acceptors (Lipinski definition) is 8. The first-order valence-electron chi connectivity index (χ1n) is 11.6. The Morgan fingerprint density at radius 3 is 2.21 bits per heavy atom. The maximum absolute atomic E-state index is 13.4. The van der Waals surface area contributed by atoms with Crippen molar-refractivity contribution in [1.82, 2.24) is 4.98 Å². The number of amides is 1. The molecule has 0 bridgehead atoms. The average Bonchev–Trinajstić information content (AvgIpc) is 3.31. The number of ether oxygens (including phenoxy) is 1. The second-order valence-corrected chi connectivity index (χ2v) is 11.7. The molecule has 4 rings (SSSR count). The van der Waals surface area contributed by atoms with Crippen LogP contribution in [0.25, 0.3) is 10.2 Å². The molecule has 8 nitrogen and oxygen atoms in total. The number of anilines is 1. The van der Waals surface area contributed by atoms with Crippen LogP contribution in [-0.2, 0) is 34.0 Å². The molecule has 0 aliphatic rings. The van der Waals surface area contributed by atoms with Gasteiger partial charge in [0.25, 0.3) is 5.91 Å². The van der Waals surface area contributed by atoms with Crippen LogP contribution < -0.4 is 10.1 Å². The van der Waals surface area contributed by atoms with Gasteiger partial charge in [-0.05, 0) is 59.7 Å². The third-order valence-corrected chi connectivity index (χ3v) is 8.56. The van der Waals surface area contributed by atoms with E-state index in [1.807, 2.05) is 0 Å². The normalized spacial score (nSPS) is 12.9. The number of carbonyl (C=O) groups excluding carboxylic acids is 1. The lowest BCUT2D eigenvalue weighted by Crippen LogP contribution is -2.25. The third-order valence-electron chi connectivity index (χ3n) is 5.88. The Balaban J connectivity index is 1.66. The lowest BCUT2D eigenvalue weighted by atomic mass is 10.1. The number of nitrogens with one attached hydrogen (secondary N) is 1. The topological polar surface area (TPSA) is 126 Å². The highest BCUT2D eigenvalue weighted by Crippen LogP contribution is 2.33. The predicted octanol–water partition coefficient (Wildman–Crippen LogP) is 4.85. The van der Waals surface area contributed by atoms with Gasteiger partial charge >= 0.3 is 6.18 Å². The maximum Gasteiger partial charge on any atom is 0.416 e. The molecule has 0 aliphatic heterocycles. The molecule has 1 atom stereocenters. The van der Waals surface area contributed by atoms with Crippen LogP contribution in [0.3, 0.4) is 0 Å². The first-order chi connectivity index (χ1) is 18.4. The number of benzene rings is 3. The van der Waals surface area contributed by atoms with E-state index in [-0.39, 0.29) is 40.3 Å². The van der Waals surface area contributed by atoms with Crippen molar-refractivity contribution in [2.75, 3.05) is 11.1 Å². The molecule has 4 aromatic rings. The summed E-state index contributed by atoms with van der Waals surface area (Å²) < 4.78 is 69.7. The van der Waals surface area contributed by atoms with Crippen LogP contribution >= 0.6 is 11.3 Å². The van der Waals surface area contributed by atoms with Crippen LogP contribution in [0.4, 0.5) is 18.3 Å². The van der Waals surface area contributed by atoms with Crippen LogP contribution in [-0.4, -0.2) is 35.3 Å². The number of hydrogen-bond donors (Lipinski definition) is 3.